The van der Waals surface area contributed by atoms with Crippen molar-refractivity contribution < 1.29 is 4.79 Å². The van der Waals surface area contributed by atoms with Gasteiger partial charge in [-0.1, -0.05) is 6.07 Å². The number of rotatable bonds is 1. The zero-order valence-corrected chi connectivity index (χ0v) is 11.7. The molecule has 1 amide bonds. The van der Waals surface area contributed by atoms with Crippen LogP contribution in [-0.2, 0) is 4.79 Å². The van der Waals surface area contributed by atoms with Crippen LogP contribution in [0.5, 0.6) is 0 Å². The summed E-state index contributed by atoms with van der Waals surface area (Å²) in [5.41, 5.74) is 2.95. The summed E-state index contributed by atoms with van der Waals surface area (Å²) in [4.78, 5) is 14.5. The van der Waals surface area contributed by atoms with Crippen LogP contribution in [0.3, 0.4) is 0 Å². The van der Waals surface area contributed by atoms with E-state index >= 15 is 0 Å². The minimum atomic E-state index is -0.478. The van der Waals surface area contributed by atoms with E-state index in [9.17, 15) is 4.79 Å². The molecule has 0 radical (unpaired) electrons. The lowest BCUT2D eigenvalue weighted by Gasteiger charge is -2.29. The number of benzene rings is 1. The lowest BCUT2D eigenvalue weighted by Crippen LogP contribution is -2.51. The average Bonchev–Trinajstić information content (AvgIpc) is 2.38. The summed E-state index contributed by atoms with van der Waals surface area (Å²) in [6.45, 7) is 9.73. The summed E-state index contributed by atoms with van der Waals surface area (Å²) in [6.07, 6.45) is 0.988. The van der Waals surface area contributed by atoms with Crippen LogP contribution in [0, 0.1) is 13.8 Å². The van der Waals surface area contributed by atoms with Crippen LogP contribution in [0.25, 0.3) is 0 Å². The maximum absolute atomic E-state index is 12.6. The Balaban J connectivity index is 2.38. The molecule has 0 aromatic heterocycles. The molecule has 18 heavy (non-hydrogen) atoms. The fraction of sp³-hybridized carbons (Fsp3) is 0.533. The first-order valence-electron chi connectivity index (χ1n) is 6.55. The monoisotopic (exact) mass is 246 g/mol. The molecule has 1 aromatic rings. The Bertz CT molecular complexity index is 445. The molecule has 1 heterocycles. The minimum Gasteiger partial charge on any atom is -0.311 e. The van der Waals surface area contributed by atoms with Gasteiger partial charge in [0, 0.05) is 12.2 Å². The van der Waals surface area contributed by atoms with E-state index in [2.05, 4.69) is 37.4 Å². The van der Waals surface area contributed by atoms with Crippen LogP contribution in [-0.4, -0.2) is 24.5 Å². The maximum Gasteiger partial charge on any atom is 0.246 e. The quantitative estimate of drug-likeness (QED) is 0.825. The van der Waals surface area contributed by atoms with Crippen LogP contribution >= 0.6 is 0 Å². The second kappa shape index (κ2) is 4.73. The fourth-order valence-corrected chi connectivity index (χ4v) is 2.51. The highest BCUT2D eigenvalue weighted by molar-refractivity contribution is 6.00. The van der Waals surface area contributed by atoms with Crippen molar-refractivity contribution in [3.05, 3.63) is 29.3 Å². The molecule has 2 rings (SSSR count). The van der Waals surface area contributed by atoms with Gasteiger partial charge in [-0.25, -0.2) is 0 Å². The molecule has 1 aliphatic rings. The van der Waals surface area contributed by atoms with E-state index in [0.717, 1.165) is 25.2 Å². The third-order valence-corrected chi connectivity index (χ3v) is 3.42. The number of carbonyl (C=O) groups is 1. The van der Waals surface area contributed by atoms with Crippen molar-refractivity contribution in [1.82, 2.24) is 5.32 Å². The van der Waals surface area contributed by atoms with Crippen molar-refractivity contribution in [2.45, 2.75) is 39.7 Å². The van der Waals surface area contributed by atoms with Crippen molar-refractivity contribution >= 4 is 11.6 Å². The van der Waals surface area contributed by atoms with E-state index in [1.165, 1.54) is 11.1 Å². The minimum absolute atomic E-state index is 0.157. The van der Waals surface area contributed by atoms with Gasteiger partial charge in [0.25, 0.3) is 0 Å². The largest absolute Gasteiger partial charge is 0.311 e. The van der Waals surface area contributed by atoms with Gasteiger partial charge in [-0.3, -0.25) is 4.79 Å². The first kappa shape index (κ1) is 13.1. The summed E-state index contributed by atoms with van der Waals surface area (Å²) < 4.78 is 0. The van der Waals surface area contributed by atoms with Crippen LogP contribution < -0.4 is 10.2 Å². The van der Waals surface area contributed by atoms with Crippen LogP contribution in [0.15, 0.2) is 18.2 Å². The van der Waals surface area contributed by atoms with Gasteiger partial charge in [0.15, 0.2) is 0 Å². The number of amides is 1. The Morgan fingerprint density at radius 2 is 1.78 bits per heavy atom. The van der Waals surface area contributed by atoms with Crippen LogP contribution in [0.2, 0.25) is 0 Å². The Hall–Kier alpha value is -1.35. The lowest BCUT2D eigenvalue weighted by molar-refractivity contribution is -0.123. The Morgan fingerprint density at radius 3 is 2.39 bits per heavy atom. The topological polar surface area (TPSA) is 32.3 Å². The lowest BCUT2D eigenvalue weighted by atomic mass is 10.0. The van der Waals surface area contributed by atoms with E-state index in [0.29, 0.717) is 0 Å². The SMILES string of the molecule is Cc1cc(C)cc(N2CCCNC(C)(C)C2=O)c1. The van der Waals surface area contributed by atoms with Crippen LogP contribution in [0.4, 0.5) is 5.69 Å². The second-order valence-corrected chi connectivity index (χ2v) is 5.71. The molecule has 3 nitrogen and oxygen atoms in total. The highest BCUT2D eigenvalue weighted by Crippen LogP contribution is 2.23. The molecule has 98 valence electrons. The molecule has 1 fully saturated rings. The summed E-state index contributed by atoms with van der Waals surface area (Å²) in [7, 11) is 0. The maximum atomic E-state index is 12.6. The number of nitrogens with one attached hydrogen (secondary N) is 1. The van der Waals surface area contributed by atoms with E-state index < -0.39 is 5.54 Å². The van der Waals surface area contributed by atoms with Gasteiger partial charge in [-0.05, 0) is 63.9 Å². The van der Waals surface area contributed by atoms with Crippen LogP contribution in [0.1, 0.15) is 31.4 Å². The molecule has 0 atom stereocenters. The van der Waals surface area contributed by atoms with E-state index in [1.807, 2.05) is 18.7 Å². The normalized spacial score (nSPS) is 19.8. The van der Waals surface area contributed by atoms with Gasteiger partial charge < -0.3 is 10.2 Å². The van der Waals surface area contributed by atoms with Crippen molar-refractivity contribution in [3.8, 4) is 0 Å². The molecule has 1 saturated heterocycles. The molecule has 0 bridgehead atoms. The third-order valence-electron chi connectivity index (χ3n) is 3.42. The third kappa shape index (κ3) is 2.56. The predicted molar refractivity (Wildman–Crippen MR) is 75.0 cm³/mol. The molecule has 0 aliphatic carbocycles. The molecule has 1 aliphatic heterocycles. The number of hydrogen-bond acceptors (Lipinski definition) is 2. The zero-order valence-electron chi connectivity index (χ0n) is 11.7. The standard InChI is InChI=1S/C15H22N2O/c1-11-8-12(2)10-13(9-11)17-7-5-6-16-15(3,4)14(17)18/h8-10,16H,5-7H2,1-4H3. The molecule has 1 aromatic carbocycles. The summed E-state index contributed by atoms with van der Waals surface area (Å²) in [5.74, 6) is 0.157. The van der Waals surface area contributed by atoms with Gasteiger partial charge in [0.2, 0.25) is 5.91 Å². The van der Waals surface area contributed by atoms with Crippen molar-refractivity contribution in [1.29, 1.82) is 0 Å². The highest BCUT2D eigenvalue weighted by Gasteiger charge is 2.34. The summed E-state index contributed by atoms with van der Waals surface area (Å²) in [6, 6.07) is 6.31. The van der Waals surface area contributed by atoms with E-state index in [1.54, 1.807) is 0 Å². The van der Waals surface area contributed by atoms with Gasteiger partial charge in [-0.15, -0.1) is 0 Å². The number of nitrogens with zero attached hydrogens (tertiary/aromatic N) is 1. The van der Waals surface area contributed by atoms with Gasteiger partial charge in [0.05, 0.1) is 5.54 Å². The van der Waals surface area contributed by atoms with Gasteiger partial charge in [0.1, 0.15) is 0 Å². The second-order valence-electron chi connectivity index (χ2n) is 5.71. The van der Waals surface area contributed by atoms with Crippen molar-refractivity contribution in [3.63, 3.8) is 0 Å². The summed E-state index contributed by atoms with van der Waals surface area (Å²) >= 11 is 0. The van der Waals surface area contributed by atoms with Crippen molar-refractivity contribution in [2.75, 3.05) is 18.0 Å². The molecule has 0 saturated carbocycles. The first-order valence-corrected chi connectivity index (χ1v) is 6.55. The van der Waals surface area contributed by atoms with E-state index in [-0.39, 0.29) is 5.91 Å². The molecular formula is C15H22N2O. The molecule has 3 heteroatoms. The predicted octanol–water partition coefficient (Wildman–Crippen LogP) is 2.41. The Kier molecular flexibility index (Phi) is 3.44. The first-order chi connectivity index (χ1) is 8.40. The fourth-order valence-electron chi connectivity index (χ4n) is 2.51. The molecular weight excluding hydrogens is 224 g/mol. The molecule has 1 N–H and O–H groups in total. The van der Waals surface area contributed by atoms with Crippen molar-refractivity contribution in [2.24, 2.45) is 0 Å². The van der Waals surface area contributed by atoms with Gasteiger partial charge in [-0.2, -0.15) is 0 Å². The zero-order chi connectivity index (χ0) is 13.3. The smallest absolute Gasteiger partial charge is 0.246 e. The average molecular weight is 246 g/mol. The molecule has 0 spiro atoms. The number of carbonyl (C=O) groups excluding carboxylic acids is 1. The number of anilines is 1. The van der Waals surface area contributed by atoms with E-state index in [4.69, 9.17) is 0 Å². The van der Waals surface area contributed by atoms with Gasteiger partial charge >= 0.3 is 0 Å². The Morgan fingerprint density at radius 1 is 1.17 bits per heavy atom. The highest BCUT2D eigenvalue weighted by atomic mass is 16.2. The Labute approximate surface area is 109 Å². The number of hydrogen-bond donors (Lipinski definition) is 1. The summed E-state index contributed by atoms with van der Waals surface area (Å²) in [5, 5.41) is 3.31. The molecule has 0 unspecified atom stereocenters. The number of aryl methyl sites for hydroxylation is 2.